The van der Waals surface area contributed by atoms with Crippen LogP contribution in [0.1, 0.15) is 140 Å². The van der Waals surface area contributed by atoms with Crippen molar-refractivity contribution in [3.63, 3.8) is 0 Å². The first-order valence-electron chi connectivity index (χ1n) is 46.2. The minimum Gasteiger partial charge on any atom is -0.497 e. The first-order chi connectivity index (χ1) is 67.7. The highest BCUT2D eigenvalue weighted by Crippen LogP contribution is 2.34. The monoisotopic (exact) mass is 1890 g/mol. The van der Waals surface area contributed by atoms with Crippen LogP contribution in [0.2, 0.25) is 15.1 Å². The van der Waals surface area contributed by atoms with Crippen LogP contribution in [0.4, 0.5) is 0 Å². The smallest absolute Gasteiger partial charge is 0.163 e. The van der Waals surface area contributed by atoms with E-state index in [1.807, 2.05) is 292 Å². The van der Waals surface area contributed by atoms with Crippen molar-refractivity contribution >= 4 is 119 Å². The fraction of sp³-hybridized carbons (Fsp3) is 0.153. The van der Waals surface area contributed by atoms with Crippen LogP contribution in [0, 0.1) is 27.7 Å². The Bertz CT molecular complexity index is 7920. The highest BCUT2D eigenvalue weighted by atomic mass is 35.5. The average molecular weight is 1890 g/mol. The molecule has 0 fully saturated rings. The Morgan fingerprint density at radius 3 is 1.03 bits per heavy atom. The van der Waals surface area contributed by atoms with Crippen molar-refractivity contribution in [1.29, 1.82) is 0 Å². The quantitative estimate of drug-likeness (QED) is 0.0440. The molecule has 1 aliphatic heterocycles. The lowest BCUT2D eigenvalue weighted by Crippen LogP contribution is -2.02. The van der Waals surface area contributed by atoms with E-state index in [9.17, 15) is 24.0 Å². The second-order valence-electron chi connectivity index (χ2n) is 34.3. The fourth-order valence-corrected chi connectivity index (χ4v) is 17.9. The highest BCUT2D eigenvalue weighted by molar-refractivity contribution is 6.32. The average Bonchev–Trinajstić information content (AvgIpc) is 1.65. The number of Topliss-reactive ketones (excluding diaryl/α,β-unsaturated/α-hetero) is 5. The van der Waals surface area contributed by atoms with E-state index in [-0.39, 0.29) is 28.9 Å². The van der Waals surface area contributed by atoms with Gasteiger partial charge in [-0.3, -0.25) is 46.8 Å². The summed E-state index contributed by atoms with van der Waals surface area (Å²) in [7, 11) is 3.30. The van der Waals surface area contributed by atoms with Gasteiger partial charge in [-0.2, -0.15) is 0 Å². The molecular formula is C118H101Cl3N10O8. The molecule has 21 heteroatoms. The number of aromatic nitrogens is 10. The normalized spacial score (nSPS) is 11.3. The summed E-state index contributed by atoms with van der Waals surface area (Å²) >= 11 is 18.6. The van der Waals surface area contributed by atoms with Crippen molar-refractivity contribution in [3.8, 4) is 45.7 Å². The summed E-state index contributed by atoms with van der Waals surface area (Å²) in [5.74, 6) is 3.12. The first kappa shape index (κ1) is 95.0. The van der Waals surface area contributed by atoms with E-state index in [4.69, 9.17) is 49.0 Å². The van der Waals surface area contributed by atoms with Gasteiger partial charge in [-0.25, -0.2) is 24.9 Å². The number of carbonyl (C=O) groups excluding carboxylic acids is 5. The molecule has 0 spiro atoms. The van der Waals surface area contributed by atoms with Gasteiger partial charge in [-0.15, -0.1) is 0 Å². The second-order valence-corrected chi connectivity index (χ2v) is 35.6. The van der Waals surface area contributed by atoms with Gasteiger partial charge in [0.15, 0.2) is 28.9 Å². The molecule has 0 amide bonds. The number of hydrogen-bond donors (Lipinski definition) is 0. The Labute approximate surface area is 821 Å². The van der Waals surface area contributed by atoms with Crippen molar-refractivity contribution < 1.29 is 38.2 Å². The number of rotatable bonds is 27. The lowest BCUT2D eigenvalue weighted by molar-refractivity contribution is 0.0975. The van der Waals surface area contributed by atoms with Crippen molar-refractivity contribution in [2.75, 3.05) is 20.8 Å². The van der Waals surface area contributed by atoms with Crippen molar-refractivity contribution in [1.82, 2.24) is 47.8 Å². The van der Waals surface area contributed by atoms with Gasteiger partial charge in [0, 0.05) is 104 Å². The third-order valence-corrected chi connectivity index (χ3v) is 25.9. The maximum atomic E-state index is 12.7. The number of carbonyl (C=O) groups is 5. The highest BCUT2D eigenvalue weighted by Gasteiger charge is 2.21. The van der Waals surface area contributed by atoms with Gasteiger partial charge in [0.1, 0.15) is 48.9 Å². The van der Waals surface area contributed by atoms with Gasteiger partial charge in [-0.05, 0) is 303 Å². The third-order valence-electron chi connectivity index (χ3n) is 24.8. The van der Waals surface area contributed by atoms with Crippen LogP contribution < -0.4 is 14.2 Å². The summed E-state index contributed by atoms with van der Waals surface area (Å²) in [5.41, 5.74) is 28.9. The number of methoxy groups -OCH3 is 2. The summed E-state index contributed by atoms with van der Waals surface area (Å²) in [4.78, 5) is 85.8. The molecular weight excluding hydrogens is 1790 g/mol. The van der Waals surface area contributed by atoms with Gasteiger partial charge < -0.3 is 14.2 Å². The van der Waals surface area contributed by atoms with Crippen molar-refractivity contribution in [3.05, 3.63) is 458 Å². The predicted octanol–water partition coefficient (Wildman–Crippen LogP) is 27.4. The van der Waals surface area contributed by atoms with Gasteiger partial charge in [0.05, 0.1) is 81.7 Å². The van der Waals surface area contributed by atoms with E-state index in [1.165, 1.54) is 27.8 Å². The fourth-order valence-electron chi connectivity index (χ4n) is 17.2. The van der Waals surface area contributed by atoms with Crippen molar-refractivity contribution in [2.45, 2.75) is 98.3 Å². The zero-order valence-electron chi connectivity index (χ0n) is 77.9. The maximum absolute atomic E-state index is 12.7. The molecule has 5 aromatic heterocycles. The van der Waals surface area contributed by atoms with Crippen LogP contribution in [-0.2, 0) is 38.5 Å². The molecule has 18 nitrogen and oxygen atoms in total. The van der Waals surface area contributed by atoms with Crippen LogP contribution in [0.15, 0.2) is 359 Å². The van der Waals surface area contributed by atoms with E-state index in [2.05, 4.69) is 130 Å². The zero-order valence-corrected chi connectivity index (χ0v) is 80.2. The molecule has 15 aromatic carbocycles. The number of ketones is 5. The number of hydrogen-bond acceptors (Lipinski definition) is 13. The number of halogens is 3. The van der Waals surface area contributed by atoms with E-state index in [0.717, 1.165) is 142 Å². The summed E-state index contributed by atoms with van der Waals surface area (Å²) in [6.45, 7) is 9.03. The maximum Gasteiger partial charge on any atom is 0.163 e. The van der Waals surface area contributed by atoms with Gasteiger partial charge >= 0.3 is 0 Å². The molecule has 139 heavy (non-hydrogen) atoms. The van der Waals surface area contributed by atoms with Gasteiger partial charge in [0.25, 0.3) is 0 Å². The Morgan fingerprint density at radius 1 is 0.309 bits per heavy atom. The largest absolute Gasteiger partial charge is 0.497 e. The minimum atomic E-state index is 0.0936. The lowest BCUT2D eigenvalue weighted by atomic mass is 10.0. The number of fused-ring (bicyclic) bond motifs is 6. The van der Waals surface area contributed by atoms with Crippen molar-refractivity contribution in [2.24, 2.45) is 0 Å². The Hall–Kier alpha value is -15.7. The number of nitrogens with zero attached hydrogens (tertiary/aromatic N) is 10. The SMILES string of the molecule is COc1cccc(CCC(=O)c2ccc3c(c2)ncn3-c2cccc(C)c2)c1.COc1ccccc1CCC(=O)c1ccc2c(c1)ncn2-c1cccc(C)c1.Cc1cccc(-n2cnc3cc(C(=O)CCc4ccccc4Cl)ccc32)c1.Cc1ccccc1-n1cnc2cc(C(=O)CCc3ccccc3Cl)ccc21.O=C(CCc1ccccc1Cl)c1ccc2c(c1)ncn2-c1ccc2c(c1)CCO2. The van der Waals surface area contributed by atoms with Gasteiger partial charge in [0.2, 0.25) is 0 Å². The predicted molar refractivity (Wildman–Crippen MR) is 557 cm³/mol. The Kier molecular flexibility index (Phi) is 30.3. The zero-order chi connectivity index (χ0) is 96.4. The third kappa shape index (κ3) is 23.0. The molecule has 0 radical (unpaired) electrons. The van der Waals surface area contributed by atoms with Crippen LogP contribution in [0.25, 0.3) is 83.6 Å². The summed E-state index contributed by atoms with van der Waals surface area (Å²) < 4.78 is 26.5. The summed E-state index contributed by atoms with van der Waals surface area (Å²) in [6, 6.07) is 106. The molecule has 0 aliphatic carbocycles. The molecule has 1 aliphatic rings. The molecule has 0 unspecified atom stereocenters. The Morgan fingerprint density at radius 2 is 0.647 bits per heavy atom. The molecule has 0 bridgehead atoms. The topological polar surface area (TPSA) is 202 Å². The summed E-state index contributed by atoms with van der Waals surface area (Å²) in [6.07, 6.45) is 15.4. The number of aryl methyl sites for hydroxylation is 9. The van der Waals surface area contributed by atoms with E-state index < -0.39 is 0 Å². The number of benzene rings is 15. The standard InChI is InChI=1S/C24H19ClN2O2.2C24H22N2O2.2C23H19ClN2O/c25-20-4-2-1-3-16(20)6-9-23(28)17-5-8-22-21(14-17)26-15-27(22)19-7-10-24-18(13-19)11-12-29-24;1-17-5-3-7-20(13-17)26-16-25-22-15-19(10-11-23(22)26)24(27)12-9-18-6-4-8-21(14-18)28-2;1-17-6-5-8-20(14-17)26-16-25-21-15-19(10-12-22(21)26)23(27)13-11-18-7-3-4-9-24(18)28-2;1-16-6-2-5-9-21(16)26-15-25-20-14-18(10-12-22(20)26)23(27)13-11-17-7-3-4-8-19(17)24;1-16-5-4-7-19(13-16)26-15-25-21-14-18(9-11-22(21)26)23(27)12-10-17-6-2-3-8-20(17)24/h1-5,7-8,10,13-15H,6,9,11-12H2;3-8,10-11,13-16H,9,12H2,1-2H3;3-10,12,14-16H,11,13H2,1-2H3;2-10,12,14-15H,11,13H2,1H3;2-9,11,13-15H,10,12H2,1H3. The van der Waals surface area contributed by atoms with Gasteiger partial charge in [-0.1, -0.05) is 174 Å². The molecule has 20 aromatic rings. The molecule has 6 heterocycles. The first-order valence-corrected chi connectivity index (χ1v) is 47.4. The lowest BCUT2D eigenvalue weighted by Gasteiger charge is -2.08. The minimum absolute atomic E-state index is 0.0936. The van der Waals surface area contributed by atoms with E-state index in [0.29, 0.717) is 107 Å². The van der Waals surface area contributed by atoms with E-state index >= 15 is 0 Å². The van der Waals surface area contributed by atoms with Crippen LogP contribution >= 0.6 is 34.8 Å². The second kappa shape index (κ2) is 44.4. The molecule has 692 valence electrons. The molecule has 0 N–H and O–H groups in total. The summed E-state index contributed by atoms with van der Waals surface area (Å²) in [5, 5.41) is 2.12. The molecule has 0 saturated heterocycles. The van der Waals surface area contributed by atoms with Crippen LogP contribution in [0.5, 0.6) is 17.2 Å². The van der Waals surface area contributed by atoms with Crippen LogP contribution in [0.3, 0.4) is 0 Å². The molecule has 0 atom stereocenters. The molecule has 21 rings (SSSR count). The van der Waals surface area contributed by atoms with E-state index in [1.54, 1.807) is 26.9 Å². The number of para-hydroxylation sites is 2. The Balaban J connectivity index is 0.000000120. The van der Waals surface area contributed by atoms with Crippen LogP contribution in [-0.4, -0.2) is 97.5 Å². The number of ether oxygens (including phenoxy) is 3. The molecule has 0 saturated carbocycles. The number of imidazole rings is 5.